The number of nitrogens with zero attached hydrogens (tertiary/aromatic N) is 3. The molecule has 0 spiro atoms. The van der Waals surface area contributed by atoms with E-state index in [-0.39, 0.29) is 30.7 Å². The first-order valence-corrected chi connectivity index (χ1v) is 16.3. The number of hydrogen-bond donors (Lipinski definition) is 2. The van der Waals surface area contributed by atoms with Gasteiger partial charge in [0, 0.05) is 10.4 Å². The highest BCUT2D eigenvalue weighted by Gasteiger charge is 2.27. The van der Waals surface area contributed by atoms with Crippen LogP contribution in [0.2, 0.25) is 0 Å². The Morgan fingerprint density at radius 3 is 2.61 bits per heavy atom. The van der Waals surface area contributed by atoms with Gasteiger partial charge in [0.1, 0.15) is 10.8 Å². The van der Waals surface area contributed by atoms with Crippen LogP contribution in [0.25, 0.3) is 5.69 Å². The number of fused-ring (bicyclic) bond motifs is 1. The van der Waals surface area contributed by atoms with Gasteiger partial charge in [0.15, 0.2) is 11.0 Å². The molecule has 4 aromatic rings. The number of nitrogens with one attached hydrogen (secondary N) is 2. The van der Waals surface area contributed by atoms with Gasteiger partial charge in [0.05, 0.1) is 37.3 Å². The number of aromatic nitrogens is 3. The minimum Gasteiger partial charge on any atom is -0.495 e. The van der Waals surface area contributed by atoms with E-state index in [1.807, 2.05) is 50.2 Å². The van der Waals surface area contributed by atoms with E-state index in [9.17, 15) is 14.4 Å². The van der Waals surface area contributed by atoms with Gasteiger partial charge in [-0.1, -0.05) is 30.0 Å². The summed E-state index contributed by atoms with van der Waals surface area (Å²) in [4.78, 5) is 40.1. The fraction of sp³-hybridized carbons (Fsp3) is 0.344. The molecule has 0 radical (unpaired) electrons. The molecule has 1 aliphatic rings. The zero-order valence-corrected chi connectivity index (χ0v) is 26.8. The van der Waals surface area contributed by atoms with Crippen LogP contribution in [-0.4, -0.2) is 52.0 Å². The number of para-hydroxylation sites is 2. The summed E-state index contributed by atoms with van der Waals surface area (Å²) in [5, 5.41) is 15.6. The van der Waals surface area contributed by atoms with Crippen LogP contribution >= 0.6 is 23.1 Å². The molecule has 0 saturated heterocycles. The largest absolute Gasteiger partial charge is 0.495 e. The van der Waals surface area contributed by atoms with Gasteiger partial charge in [-0.15, -0.1) is 21.5 Å². The third-order valence-corrected chi connectivity index (χ3v) is 9.57. The number of methoxy groups -OCH3 is 1. The van der Waals surface area contributed by atoms with Crippen LogP contribution in [0, 0.1) is 13.8 Å². The Hall–Kier alpha value is -4.16. The molecule has 10 nitrogen and oxygen atoms in total. The van der Waals surface area contributed by atoms with Crippen molar-refractivity contribution >= 4 is 45.9 Å². The number of benzene rings is 2. The molecule has 0 fully saturated rings. The lowest BCUT2D eigenvalue weighted by Crippen LogP contribution is -2.25. The minimum atomic E-state index is -0.404. The third kappa shape index (κ3) is 6.81. The Kier molecular flexibility index (Phi) is 10.0. The molecule has 230 valence electrons. The molecule has 2 amide bonds. The van der Waals surface area contributed by atoms with Crippen molar-refractivity contribution in [2.75, 3.05) is 24.8 Å². The molecule has 0 unspecified atom stereocenters. The van der Waals surface area contributed by atoms with Crippen molar-refractivity contribution in [1.82, 2.24) is 20.1 Å². The smallest absolute Gasteiger partial charge is 0.341 e. The molecule has 0 aliphatic heterocycles. The molecule has 0 bridgehead atoms. The van der Waals surface area contributed by atoms with E-state index in [2.05, 4.69) is 20.8 Å². The fourth-order valence-electron chi connectivity index (χ4n) is 5.07. The number of aryl methyl sites for hydroxylation is 3. The maximum absolute atomic E-state index is 13.2. The average molecular weight is 634 g/mol. The van der Waals surface area contributed by atoms with Crippen LogP contribution in [0.4, 0.5) is 5.00 Å². The SMILES string of the molecule is CCOC(=O)c1c(NC(=O)CSc2nnc(CNC(=O)c3ccc(C)c(C)c3)n2-c2ccccc2OC)sc2c1CCCC2. The topological polar surface area (TPSA) is 124 Å². The van der Waals surface area contributed by atoms with Crippen molar-refractivity contribution in [1.29, 1.82) is 0 Å². The van der Waals surface area contributed by atoms with E-state index in [0.29, 0.717) is 38.5 Å². The molecule has 2 aromatic carbocycles. The van der Waals surface area contributed by atoms with Crippen molar-refractivity contribution in [3.63, 3.8) is 0 Å². The van der Waals surface area contributed by atoms with Gasteiger partial charge in [-0.05, 0) is 87.4 Å². The van der Waals surface area contributed by atoms with Crippen LogP contribution in [-0.2, 0) is 28.9 Å². The van der Waals surface area contributed by atoms with E-state index in [4.69, 9.17) is 9.47 Å². The van der Waals surface area contributed by atoms with Crippen LogP contribution < -0.4 is 15.4 Å². The number of anilines is 1. The molecule has 44 heavy (non-hydrogen) atoms. The number of hydrogen-bond acceptors (Lipinski definition) is 9. The summed E-state index contributed by atoms with van der Waals surface area (Å²) in [6.45, 7) is 6.10. The predicted molar refractivity (Wildman–Crippen MR) is 171 cm³/mol. The monoisotopic (exact) mass is 633 g/mol. The Balaban J connectivity index is 1.36. The van der Waals surface area contributed by atoms with E-state index in [1.165, 1.54) is 23.1 Å². The van der Waals surface area contributed by atoms with Gasteiger partial charge in [0.2, 0.25) is 5.91 Å². The molecular weight excluding hydrogens is 599 g/mol. The molecule has 0 saturated carbocycles. The third-order valence-electron chi connectivity index (χ3n) is 7.44. The van der Waals surface area contributed by atoms with E-state index < -0.39 is 5.97 Å². The summed E-state index contributed by atoms with van der Waals surface area (Å²) in [7, 11) is 1.58. The quantitative estimate of drug-likeness (QED) is 0.160. The lowest BCUT2D eigenvalue weighted by molar-refractivity contribution is -0.113. The van der Waals surface area contributed by atoms with Gasteiger partial charge >= 0.3 is 5.97 Å². The Morgan fingerprint density at radius 2 is 1.84 bits per heavy atom. The number of thiophene rings is 1. The second-order valence-corrected chi connectivity index (χ2v) is 12.4. The molecule has 2 aromatic heterocycles. The molecule has 2 N–H and O–H groups in total. The first-order chi connectivity index (χ1) is 21.3. The van der Waals surface area contributed by atoms with Gasteiger partial charge in [0.25, 0.3) is 5.91 Å². The van der Waals surface area contributed by atoms with Gasteiger partial charge in [-0.25, -0.2) is 4.79 Å². The molecule has 12 heteroatoms. The number of thioether (sulfide) groups is 1. The maximum atomic E-state index is 13.2. The average Bonchev–Trinajstić information content (AvgIpc) is 3.60. The van der Waals surface area contributed by atoms with Gasteiger partial charge < -0.3 is 20.1 Å². The van der Waals surface area contributed by atoms with E-state index in [1.54, 1.807) is 24.7 Å². The van der Waals surface area contributed by atoms with Crippen LogP contribution in [0.5, 0.6) is 5.75 Å². The van der Waals surface area contributed by atoms with Crippen LogP contribution in [0.3, 0.4) is 0 Å². The summed E-state index contributed by atoms with van der Waals surface area (Å²) in [6, 6.07) is 13.0. The zero-order valence-electron chi connectivity index (χ0n) is 25.2. The highest BCUT2D eigenvalue weighted by atomic mass is 32.2. The van der Waals surface area contributed by atoms with Crippen LogP contribution in [0.1, 0.15) is 67.9 Å². The number of carbonyl (C=O) groups excluding carboxylic acids is 3. The molecule has 1 aliphatic carbocycles. The number of rotatable bonds is 11. The zero-order chi connectivity index (χ0) is 31.2. The lowest BCUT2D eigenvalue weighted by Gasteiger charge is -2.14. The van der Waals surface area contributed by atoms with Gasteiger partial charge in [-0.3, -0.25) is 14.2 Å². The van der Waals surface area contributed by atoms with Crippen molar-refractivity contribution < 1.29 is 23.9 Å². The second kappa shape index (κ2) is 14.1. The van der Waals surface area contributed by atoms with Gasteiger partial charge in [-0.2, -0.15) is 0 Å². The number of carbonyl (C=O) groups is 3. The van der Waals surface area contributed by atoms with E-state index in [0.717, 1.165) is 47.3 Å². The van der Waals surface area contributed by atoms with E-state index >= 15 is 0 Å². The Bertz CT molecular complexity index is 1700. The lowest BCUT2D eigenvalue weighted by atomic mass is 9.95. The molecular formula is C32H35N5O5S2. The maximum Gasteiger partial charge on any atom is 0.341 e. The molecule has 0 atom stereocenters. The summed E-state index contributed by atoms with van der Waals surface area (Å²) < 4.78 is 12.7. The highest BCUT2D eigenvalue weighted by Crippen LogP contribution is 2.39. The molecule has 2 heterocycles. The minimum absolute atomic E-state index is 0.0209. The van der Waals surface area contributed by atoms with Crippen LogP contribution in [0.15, 0.2) is 47.6 Å². The summed E-state index contributed by atoms with van der Waals surface area (Å²) >= 11 is 2.65. The van der Waals surface area contributed by atoms with Crippen molar-refractivity contribution in [3.8, 4) is 11.4 Å². The first kappa shape index (κ1) is 31.3. The first-order valence-electron chi connectivity index (χ1n) is 14.5. The standard InChI is InChI=1S/C32H35N5O5S2/c1-5-42-31(40)28-22-10-6-9-13-25(22)44-30(28)34-27(38)18-43-32-36-35-26(37(32)23-11-7-8-12-24(23)41-4)17-33-29(39)21-15-14-19(2)20(3)16-21/h7-8,11-12,14-16H,5-6,9-10,13,17-18H2,1-4H3,(H,33,39)(H,34,38). The number of ether oxygens (including phenoxy) is 2. The fourth-order valence-corrected chi connectivity index (χ4v) is 7.13. The summed E-state index contributed by atoms with van der Waals surface area (Å²) in [6.07, 6.45) is 3.76. The second-order valence-electron chi connectivity index (χ2n) is 10.4. The predicted octanol–water partition coefficient (Wildman–Crippen LogP) is 5.67. The highest BCUT2D eigenvalue weighted by molar-refractivity contribution is 7.99. The number of esters is 1. The molecule has 5 rings (SSSR count). The van der Waals surface area contributed by atoms with Crippen molar-refractivity contribution in [2.24, 2.45) is 0 Å². The van der Waals surface area contributed by atoms with Crippen molar-refractivity contribution in [3.05, 3.63) is 81.0 Å². The Labute approximate surface area is 264 Å². The number of amides is 2. The summed E-state index contributed by atoms with van der Waals surface area (Å²) in [5.74, 6) is 0.171. The normalized spacial score (nSPS) is 12.4. The summed E-state index contributed by atoms with van der Waals surface area (Å²) in [5.41, 5.74) is 4.84. The van der Waals surface area contributed by atoms with Crippen molar-refractivity contribution in [2.45, 2.75) is 58.2 Å². The Morgan fingerprint density at radius 1 is 1.05 bits per heavy atom.